The standard InChI is InChI=1S/C14H24N4O3/c1-5-20-11(14(2,3)4)12-17-10(21-18-12)8-9-13(19)16-7-6-15-9/h9,11,15H,5-8H2,1-4H3,(H,16,19). The summed E-state index contributed by atoms with van der Waals surface area (Å²) in [6.45, 7) is 10.1. The quantitative estimate of drug-likeness (QED) is 0.836. The summed E-state index contributed by atoms with van der Waals surface area (Å²) in [7, 11) is 0. The Morgan fingerprint density at radius 2 is 2.19 bits per heavy atom. The number of nitrogens with one attached hydrogen (secondary N) is 2. The summed E-state index contributed by atoms with van der Waals surface area (Å²) >= 11 is 0. The highest BCUT2D eigenvalue weighted by Gasteiger charge is 2.32. The number of aromatic nitrogens is 2. The van der Waals surface area contributed by atoms with Gasteiger partial charge in [-0.05, 0) is 12.3 Å². The van der Waals surface area contributed by atoms with Gasteiger partial charge >= 0.3 is 0 Å². The van der Waals surface area contributed by atoms with Gasteiger partial charge in [-0.25, -0.2) is 0 Å². The molecule has 0 saturated carbocycles. The maximum absolute atomic E-state index is 11.7. The van der Waals surface area contributed by atoms with Crippen LogP contribution in [-0.4, -0.2) is 41.8 Å². The van der Waals surface area contributed by atoms with Crippen molar-refractivity contribution in [2.24, 2.45) is 5.41 Å². The van der Waals surface area contributed by atoms with Gasteiger partial charge in [0.25, 0.3) is 0 Å². The van der Waals surface area contributed by atoms with E-state index in [1.54, 1.807) is 0 Å². The first-order valence-corrected chi connectivity index (χ1v) is 7.37. The maximum atomic E-state index is 11.7. The van der Waals surface area contributed by atoms with Gasteiger partial charge in [-0.2, -0.15) is 4.98 Å². The van der Waals surface area contributed by atoms with E-state index in [0.29, 0.717) is 31.3 Å². The highest BCUT2D eigenvalue weighted by molar-refractivity contribution is 5.82. The highest BCUT2D eigenvalue weighted by atomic mass is 16.5. The predicted octanol–water partition coefficient (Wildman–Crippen LogP) is 0.824. The lowest BCUT2D eigenvalue weighted by atomic mass is 9.88. The summed E-state index contributed by atoms with van der Waals surface area (Å²) in [5.41, 5.74) is -0.127. The third kappa shape index (κ3) is 4.01. The van der Waals surface area contributed by atoms with Gasteiger partial charge in [-0.3, -0.25) is 4.79 Å². The molecule has 7 heteroatoms. The molecule has 7 nitrogen and oxygen atoms in total. The Morgan fingerprint density at radius 3 is 2.81 bits per heavy atom. The molecule has 1 fully saturated rings. The molecule has 0 bridgehead atoms. The third-order valence-electron chi connectivity index (χ3n) is 3.35. The van der Waals surface area contributed by atoms with Crippen LogP contribution in [0.3, 0.4) is 0 Å². The highest BCUT2D eigenvalue weighted by Crippen LogP contribution is 2.34. The summed E-state index contributed by atoms with van der Waals surface area (Å²) in [5.74, 6) is 0.960. The van der Waals surface area contributed by atoms with E-state index in [0.717, 1.165) is 6.54 Å². The number of rotatable bonds is 5. The first-order chi connectivity index (χ1) is 9.91. The molecule has 2 heterocycles. The molecule has 0 radical (unpaired) electrons. The van der Waals surface area contributed by atoms with E-state index in [1.807, 2.05) is 6.92 Å². The van der Waals surface area contributed by atoms with Crippen LogP contribution in [0.15, 0.2) is 4.52 Å². The average molecular weight is 296 g/mol. The van der Waals surface area contributed by atoms with E-state index in [2.05, 4.69) is 41.5 Å². The van der Waals surface area contributed by atoms with Gasteiger partial charge in [-0.15, -0.1) is 0 Å². The average Bonchev–Trinajstić information content (AvgIpc) is 2.85. The Hall–Kier alpha value is -1.47. The van der Waals surface area contributed by atoms with Crippen molar-refractivity contribution in [2.45, 2.75) is 46.3 Å². The van der Waals surface area contributed by atoms with E-state index in [-0.39, 0.29) is 23.5 Å². The van der Waals surface area contributed by atoms with Crippen LogP contribution in [0.4, 0.5) is 0 Å². The number of carbonyl (C=O) groups is 1. The second-order valence-electron chi connectivity index (χ2n) is 6.25. The van der Waals surface area contributed by atoms with Crippen LogP contribution in [0.5, 0.6) is 0 Å². The molecule has 1 aromatic rings. The predicted molar refractivity (Wildman–Crippen MR) is 76.6 cm³/mol. The SMILES string of the molecule is CCOC(c1noc(CC2NCCNC2=O)n1)C(C)(C)C. The fourth-order valence-electron chi connectivity index (χ4n) is 2.32. The van der Waals surface area contributed by atoms with Crippen molar-refractivity contribution in [1.29, 1.82) is 0 Å². The molecule has 0 aromatic carbocycles. The number of carbonyl (C=O) groups excluding carboxylic acids is 1. The van der Waals surface area contributed by atoms with Gasteiger partial charge in [0, 0.05) is 19.7 Å². The molecule has 1 saturated heterocycles. The first kappa shape index (κ1) is 15.9. The summed E-state index contributed by atoms with van der Waals surface area (Å²) in [4.78, 5) is 16.1. The molecular formula is C14H24N4O3. The molecular weight excluding hydrogens is 272 g/mol. The zero-order valence-electron chi connectivity index (χ0n) is 13.1. The van der Waals surface area contributed by atoms with Crippen LogP contribution >= 0.6 is 0 Å². The number of piperazine rings is 1. The molecule has 0 spiro atoms. The minimum Gasteiger partial charge on any atom is -0.370 e. The molecule has 2 rings (SSSR count). The fraction of sp³-hybridized carbons (Fsp3) is 0.786. The number of nitrogens with zero attached hydrogens (tertiary/aromatic N) is 2. The molecule has 2 N–H and O–H groups in total. The molecule has 0 aliphatic carbocycles. The maximum Gasteiger partial charge on any atom is 0.237 e. The lowest BCUT2D eigenvalue weighted by molar-refractivity contribution is -0.124. The Bertz CT molecular complexity index is 481. The van der Waals surface area contributed by atoms with Crippen LogP contribution < -0.4 is 10.6 Å². The molecule has 118 valence electrons. The number of amides is 1. The lowest BCUT2D eigenvalue weighted by Gasteiger charge is -2.27. The molecule has 21 heavy (non-hydrogen) atoms. The van der Waals surface area contributed by atoms with Crippen molar-refractivity contribution in [1.82, 2.24) is 20.8 Å². The van der Waals surface area contributed by atoms with Gasteiger partial charge in [0.2, 0.25) is 17.6 Å². The largest absolute Gasteiger partial charge is 0.370 e. The molecule has 1 aliphatic heterocycles. The second kappa shape index (κ2) is 6.53. The Balaban J connectivity index is 2.07. The van der Waals surface area contributed by atoms with E-state index < -0.39 is 0 Å². The molecule has 1 aliphatic rings. The van der Waals surface area contributed by atoms with E-state index in [1.165, 1.54) is 0 Å². The molecule has 1 aromatic heterocycles. The van der Waals surface area contributed by atoms with Gasteiger partial charge in [0.05, 0.1) is 12.5 Å². The molecule has 1 amide bonds. The Labute approximate surface area is 124 Å². The zero-order chi connectivity index (χ0) is 15.5. The van der Waals surface area contributed by atoms with Crippen LogP contribution in [0, 0.1) is 5.41 Å². The van der Waals surface area contributed by atoms with Crippen molar-refractivity contribution < 1.29 is 14.1 Å². The van der Waals surface area contributed by atoms with Crippen LogP contribution in [0.2, 0.25) is 0 Å². The normalized spacial score (nSPS) is 21.1. The Kier molecular flexibility index (Phi) is 4.95. The van der Waals surface area contributed by atoms with Crippen LogP contribution in [0.25, 0.3) is 0 Å². The van der Waals surface area contributed by atoms with E-state index in [9.17, 15) is 4.79 Å². The van der Waals surface area contributed by atoms with Crippen molar-refractivity contribution in [3.63, 3.8) is 0 Å². The fourth-order valence-corrected chi connectivity index (χ4v) is 2.32. The number of hydrogen-bond donors (Lipinski definition) is 2. The minimum absolute atomic E-state index is 0.0295. The summed E-state index contributed by atoms with van der Waals surface area (Å²) in [5, 5.41) is 9.97. The lowest BCUT2D eigenvalue weighted by Crippen LogP contribution is -2.53. The van der Waals surface area contributed by atoms with Gasteiger partial charge in [-0.1, -0.05) is 25.9 Å². The monoisotopic (exact) mass is 296 g/mol. The first-order valence-electron chi connectivity index (χ1n) is 7.37. The Morgan fingerprint density at radius 1 is 1.43 bits per heavy atom. The molecule has 2 atom stereocenters. The molecule has 2 unspecified atom stereocenters. The second-order valence-corrected chi connectivity index (χ2v) is 6.25. The third-order valence-corrected chi connectivity index (χ3v) is 3.35. The minimum atomic E-state index is -0.313. The van der Waals surface area contributed by atoms with Crippen molar-refractivity contribution in [3.05, 3.63) is 11.7 Å². The number of hydrogen-bond acceptors (Lipinski definition) is 6. The summed E-state index contributed by atoms with van der Waals surface area (Å²) in [6.07, 6.45) is 0.162. The summed E-state index contributed by atoms with van der Waals surface area (Å²) in [6, 6.07) is -0.313. The van der Waals surface area contributed by atoms with Crippen LogP contribution in [-0.2, 0) is 16.0 Å². The summed E-state index contributed by atoms with van der Waals surface area (Å²) < 4.78 is 11.0. The van der Waals surface area contributed by atoms with E-state index in [4.69, 9.17) is 9.26 Å². The van der Waals surface area contributed by atoms with Gasteiger partial charge in [0.1, 0.15) is 6.10 Å². The van der Waals surface area contributed by atoms with E-state index >= 15 is 0 Å². The zero-order valence-corrected chi connectivity index (χ0v) is 13.1. The van der Waals surface area contributed by atoms with Crippen molar-refractivity contribution >= 4 is 5.91 Å². The van der Waals surface area contributed by atoms with Gasteiger partial charge in [0.15, 0.2) is 0 Å². The van der Waals surface area contributed by atoms with Crippen LogP contribution in [0.1, 0.15) is 45.5 Å². The van der Waals surface area contributed by atoms with Gasteiger partial charge < -0.3 is 19.9 Å². The van der Waals surface area contributed by atoms with Crippen molar-refractivity contribution in [3.8, 4) is 0 Å². The number of ether oxygens (including phenoxy) is 1. The smallest absolute Gasteiger partial charge is 0.237 e. The topological polar surface area (TPSA) is 89.3 Å². The van der Waals surface area contributed by atoms with Crippen molar-refractivity contribution in [2.75, 3.05) is 19.7 Å².